The Morgan fingerprint density at radius 2 is 1.59 bits per heavy atom. The lowest BCUT2D eigenvalue weighted by Crippen LogP contribution is -2.44. The minimum absolute atomic E-state index is 0.0363. The number of Topliss-reactive ketones (excluding diaryl/α,β-unsaturated/α-hetero) is 1. The molecule has 3 rings (SSSR count). The number of nitrogens with two attached hydrogens (primary N) is 1. The maximum absolute atomic E-state index is 13.0. The van der Waals surface area contributed by atoms with Crippen molar-refractivity contribution < 1.29 is 19.0 Å². The van der Waals surface area contributed by atoms with Crippen molar-refractivity contribution in [3.8, 4) is 22.8 Å². The first-order valence-corrected chi connectivity index (χ1v) is 9.34. The van der Waals surface area contributed by atoms with Crippen LogP contribution in [0.1, 0.15) is 24.3 Å². The first-order chi connectivity index (χ1) is 13.8. The van der Waals surface area contributed by atoms with Gasteiger partial charge in [0.2, 0.25) is 5.78 Å². The van der Waals surface area contributed by atoms with Crippen molar-refractivity contribution in [2.45, 2.75) is 26.0 Å². The number of carbonyl (C=O) groups excluding carboxylic acids is 1. The molecule has 1 heterocycles. The number of ether oxygens (including phenoxy) is 1. The summed E-state index contributed by atoms with van der Waals surface area (Å²) in [4.78, 5) is 16.9. The Labute approximate surface area is 169 Å². The number of aliphatic hydroxyl groups excluding tert-OH is 1. The van der Waals surface area contributed by atoms with Gasteiger partial charge in [-0.1, -0.05) is 19.9 Å². The van der Waals surface area contributed by atoms with Crippen LogP contribution >= 0.6 is 0 Å². The summed E-state index contributed by atoms with van der Waals surface area (Å²) >= 11 is 0. The second kappa shape index (κ2) is 8.94. The maximum atomic E-state index is 13.0. The fraction of sp³-hybridized carbons (Fsp3) is 0.217. The lowest BCUT2D eigenvalue weighted by Gasteiger charge is -2.20. The van der Waals surface area contributed by atoms with E-state index in [1.165, 1.54) is 12.1 Å². The smallest absolute Gasteiger partial charge is 0.211 e. The van der Waals surface area contributed by atoms with Gasteiger partial charge in [0.1, 0.15) is 29.1 Å². The minimum Gasteiger partial charge on any atom is -0.457 e. The number of ketones is 1. The highest BCUT2D eigenvalue weighted by molar-refractivity contribution is 5.98. The van der Waals surface area contributed by atoms with Gasteiger partial charge < -0.3 is 15.6 Å². The summed E-state index contributed by atoms with van der Waals surface area (Å²) < 4.78 is 18.7. The van der Waals surface area contributed by atoms with Crippen molar-refractivity contribution in [3.63, 3.8) is 0 Å². The number of aromatic nitrogens is 1. The van der Waals surface area contributed by atoms with Crippen molar-refractivity contribution in [2.24, 2.45) is 11.7 Å². The van der Waals surface area contributed by atoms with E-state index in [2.05, 4.69) is 4.98 Å². The number of pyridine rings is 1. The van der Waals surface area contributed by atoms with Crippen LogP contribution in [0.15, 0.2) is 66.7 Å². The highest BCUT2D eigenvalue weighted by Gasteiger charge is 2.27. The van der Waals surface area contributed by atoms with Gasteiger partial charge in [0.05, 0.1) is 5.69 Å². The minimum atomic E-state index is -1.30. The molecule has 3 N–H and O–H groups in total. The second-order valence-electron chi connectivity index (χ2n) is 7.12. The predicted octanol–water partition coefficient (Wildman–Crippen LogP) is 4.21. The Balaban J connectivity index is 1.76. The van der Waals surface area contributed by atoms with E-state index in [0.717, 1.165) is 5.56 Å². The van der Waals surface area contributed by atoms with Gasteiger partial charge in [0.25, 0.3) is 0 Å². The average molecular weight is 394 g/mol. The predicted molar refractivity (Wildman–Crippen MR) is 109 cm³/mol. The number of hydrogen-bond acceptors (Lipinski definition) is 5. The molecular weight excluding hydrogens is 371 g/mol. The van der Waals surface area contributed by atoms with Gasteiger partial charge in [-0.05, 0) is 66.6 Å². The molecule has 0 aliphatic rings. The Bertz CT molecular complexity index is 972. The maximum Gasteiger partial charge on any atom is 0.211 e. The number of halogens is 1. The van der Waals surface area contributed by atoms with Crippen LogP contribution in [0.4, 0.5) is 4.39 Å². The molecule has 0 aliphatic carbocycles. The van der Waals surface area contributed by atoms with E-state index in [0.29, 0.717) is 17.2 Å². The van der Waals surface area contributed by atoms with E-state index in [1.807, 2.05) is 26.0 Å². The number of hydrogen-bond donors (Lipinski definition) is 2. The quantitative estimate of drug-likeness (QED) is 0.587. The number of nitrogens with zero attached hydrogens (tertiary/aromatic N) is 1. The topological polar surface area (TPSA) is 85.4 Å². The van der Waals surface area contributed by atoms with Crippen molar-refractivity contribution in [3.05, 3.63) is 78.2 Å². The van der Waals surface area contributed by atoms with Crippen molar-refractivity contribution in [1.82, 2.24) is 4.98 Å². The van der Waals surface area contributed by atoms with Gasteiger partial charge in [-0.15, -0.1) is 0 Å². The summed E-state index contributed by atoms with van der Waals surface area (Å²) in [6, 6.07) is 17.3. The fourth-order valence-electron chi connectivity index (χ4n) is 2.76. The Morgan fingerprint density at radius 1 is 1.00 bits per heavy atom. The molecule has 3 aromatic rings. The van der Waals surface area contributed by atoms with Crippen LogP contribution in [0, 0.1) is 11.7 Å². The Hall–Kier alpha value is -3.09. The highest BCUT2D eigenvalue weighted by atomic mass is 19.1. The largest absolute Gasteiger partial charge is 0.457 e. The van der Waals surface area contributed by atoms with Gasteiger partial charge in [0.15, 0.2) is 0 Å². The van der Waals surface area contributed by atoms with E-state index in [9.17, 15) is 14.3 Å². The fourth-order valence-corrected chi connectivity index (χ4v) is 2.76. The molecule has 2 unspecified atom stereocenters. The molecule has 5 nitrogen and oxygen atoms in total. The third kappa shape index (κ3) is 5.04. The number of aliphatic hydroxyl groups is 1. The van der Waals surface area contributed by atoms with Crippen LogP contribution in [0.3, 0.4) is 0 Å². The summed E-state index contributed by atoms with van der Waals surface area (Å²) in [6.07, 6.45) is -1.30. The summed E-state index contributed by atoms with van der Waals surface area (Å²) in [7, 11) is 0. The second-order valence-corrected chi connectivity index (χ2v) is 7.12. The average Bonchev–Trinajstić information content (AvgIpc) is 2.74. The van der Waals surface area contributed by atoms with E-state index in [1.54, 1.807) is 42.5 Å². The molecule has 6 heteroatoms. The summed E-state index contributed by atoms with van der Waals surface area (Å²) in [6.45, 7) is 3.70. The molecule has 2 aromatic carbocycles. The van der Waals surface area contributed by atoms with Crippen LogP contribution < -0.4 is 10.5 Å². The van der Waals surface area contributed by atoms with Crippen LogP contribution in [0.25, 0.3) is 11.3 Å². The standard InChI is InChI=1S/C23H23FN2O3/c1-14(2)21(25)23(28)22(27)20-5-3-4-19(26-20)15-6-10-17(11-7-15)29-18-12-8-16(24)9-13-18/h3-14,21,23,28H,25H2,1-2H3. The van der Waals surface area contributed by atoms with Crippen LogP contribution in [0.5, 0.6) is 11.5 Å². The number of carbonyl (C=O) groups is 1. The molecule has 0 fully saturated rings. The molecule has 150 valence electrons. The lowest BCUT2D eigenvalue weighted by molar-refractivity contribution is 0.0647. The molecule has 0 saturated carbocycles. The van der Waals surface area contributed by atoms with E-state index in [-0.39, 0.29) is 17.4 Å². The van der Waals surface area contributed by atoms with Crippen LogP contribution in [-0.2, 0) is 0 Å². The van der Waals surface area contributed by atoms with Crippen molar-refractivity contribution in [2.75, 3.05) is 0 Å². The third-order valence-electron chi connectivity index (χ3n) is 4.60. The van der Waals surface area contributed by atoms with E-state index < -0.39 is 17.9 Å². The molecule has 0 radical (unpaired) electrons. The monoisotopic (exact) mass is 394 g/mol. The molecular formula is C23H23FN2O3. The van der Waals surface area contributed by atoms with Gasteiger partial charge >= 0.3 is 0 Å². The molecule has 29 heavy (non-hydrogen) atoms. The van der Waals surface area contributed by atoms with Gasteiger partial charge in [-0.3, -0.25) is 4.79 Å². The van der Waals surface area contributed by atoms with Crippen LogP contribution in [0.2, 0.25) is 0 Å². The molecule has 0 saturated heterocycles. The van der Waals surface area contributed by atoms with Gasteiger partial charge in [0, 0.05) is 11.6 Å². The lowest BCUT2D eigenvalue weighted by atomic mass is 9.95. The number of rotatable bonds is 7. The molecule has 0 amide bonds. The normalized spacial score (nSPS) is 13.2. The number of benzene rings is 2. The van der Waals surface area contributed by atoms with Gasteiger partial charge in [-0.2, -0.15) is 0 Å². The van der Waals surface area contributed by atoms with Crippen molar-refractivity contribution >= 4 is 5.78 Å². The molecule has 2 atom stereocenters. The molecule has 0 bridgehead atoms. The van der Waals surface area contributed by atoms with Gasteiger partial charge in [-0.25, -0.2) is 9.37 Å². The zero-order chi connectivity index (χ0) is 21.0. The summed E-state index contributed by atoms with van der Waals surface area (Å²) in [5.41, 5.74) is 7.44. The Morgan fingerprint density at radius 3 is 2.17 bits per heavy atom. The SMILES string of the molecule is CC(C)C(N)C(O)C(=O)c1cccc(-c2ccc(Oc3ccc(F)cc3)cc2)n1. The highest BCUT2D eigenvalue weighted by Crippen LogP contribution is 2.25. The molecule has 1 aromatic heterocycles. The van der Waals surface area contributed by atoms with E-state index >= 15 is 0 Å². The zero-order valence-corrected chi connectivity index (χ0v) is 16.2. The zero-order valence-electron chi connectivity index (χ0n) is 16.2. The first kappa shape index (κ1) is 20.6. The third-order valence-corrected chi connectivity index (χ3v) is 4.60. The summed E-state index contributed by atoms with van der Waals surface area (Å²) in [5.74, 6) is 0.258. The van der Waals surface area contributed by atoms with Crippen molar-refractivity contribution in [1.29, 1.82) is 0 Å². The van der Waals surface area contributed by atoms with E-state index in [4.69, 9.17) is 10.5 Å². The first-order valence-electron chi connectivity index (χ1n) is 9.34. The Kier molecular flexibility index (Phi) is 6.36. The molecule has 0 spiro atoms. The summed E-state index contributed by atoms with van der Waals surface area (Å²) in [5, 5.41) is 10.2. The molecule has 0 aliphatic heterocycles. The van der Waals surface area contributed by atoms with Crippen LogP contribution in [-0.4, -0.2) is 28.0 Å².